The molecular formula is C14H15ClN4O. The Balaban J connectivity index is 2.31. The lowest BCUT2D eigenvalue weighted by Gasteiger charge is -2.18. The highest BCUT2D eigenvalue weighted by Gasteiger charge is 2.08. The van der Waals surface area contributed by atoms with Gasteiger partial charge in [-0.2, -0.15) is 5.26 Å². The molecule has 1 N–H and O–H groups in total. The van der Waals surface area contributed by atoms with E-state index in [9.17, 15) is 4.79 Å². The SMILES string of the molecule is CCN(CCC#N)Cc1nc2cc(Cl)ccc2c(=O)[nH]1. The summed E-state index contributed by atoms with van der Waals surface area (Å²) in [5.74, 6) is 0.588. The van der Waals surface area contributed by atoms with Crippen molar-refractivity contribution in [3.8, 4) is 6.07 Å². The van der Waals surface area contributed by atoms with Crippen LogP contribution in [0.3, 0.4) is 0 Å². The Hall–Kier alpha value is -1.90. The third-order valence-electron chi connectivity index (χ3n) is 3.08. The molecule has 0 aliphatic heterocycles. The van der Waals surface area contributed by atoms with Crippen LogP contribution in [0.4, 0.5) is 0 Å². The molecule has 0 amide bonds. The second kappa shape index (κ2) is 6.51. The Kier molecular flexibility index (Phi) is 4.72. The maximum absolute atomic E-state index is 12.0. The van der Waals surface area contributed by atoms with E-state index in [1.165, 1.54) is 0 Å². The van der Waals surface area contributed by atoms with Crippen LogP contribution in [0.5, 0.6) is 0 Å². The number of H-pyrrole nitrogens is 1. The Labute approximate surface area is 121 Å². The lowest BCUT2D eigenvalue weighted by molar-refractivity contribution is 0.279. The van der Waals surface area contributed by atoms with Crippen LogP contribution in [0.2, 0.25) is 5.02 Å². The van der Waals surface area contributed by atoms with Crippen LogP contribution >= 0.6 is 11.6 Å². The van der Waals surface area contributed by atoms with Crippen LogP contribution in [0.15, 0.2) is 23.0 Å². The molecule has 0 saturated heterocycles. The minimum atomic E-state index is -0.169. The van der Waals surface area contributed by atoms with Gasteiger partial charge in [-0.1, -0.05) is 18.5 Å². The molecule has 0 fully saturated rings. The molecule has 2 rings (SSSR count). The van der Waals surface area contributed by atoms with Gasteiger partial charge >= 0.3 is 0 Å². The maximum atomic E-state index is 12.0. The topological polar surface area (TPSA) is 72.8 Å². The predicted molar refractivity (Wildman–Crippen MR) is 78.6 cm³/mol. The Bertz CT molecular complexity index is 704. The summed E-state index contributed by atoms with van der Waals surface area (Å²) in [6.07, 6.45) is 0.456. The van der Waals surface area contributed by atoms with E-state index in [2.05, 4.69) is 20.9 Å². The van der Waals surface area contributed by atoms with Crippen LogP contribution in [0.1, 0.15) is 19.2 Å². The molecule has 0 radical (unpaired) electrons. The zero-order chi connectivity index (χ0) is 14.5. The first-order chi connectivity index (χ1) is 9.63. The van der Waals surface area contributed by atoms with Crippen molar-refractivity contribution in [2.24, 2.45) is 0 Å². The molecule has 0 aliphatic rings. The van der Waals surface area contributed by atoms with Gasteiger partial charge < -0.3 is 4.98 Å². The van der Waals surface area contributed by atoms with Crippen LogP contribution < -0.4 is 5.56 Å². The number of halogens is 1. The number of nitrogens with one attached hydrogen (secondary N) is 1. The molecule has 6 heteroatoms. The highest BCUT2D eigenvalue weighted by Crippen LogP contribution is 2.14. The Morgan fingerprint density at radius 1 is 1.50 bits per heavy atom. The van der Waals surface area contributed by atoms with Gasteiger partial charge in [-0.15, -0.1) is 0 Å². The lowest BCUT2D eigenvalue weighted by Crippen LogP contribution is -2.26. The molecular weight excluding hydrogens is 276 g/mol. The summed E-state index contributed by atoms with van der Waals surface area (Å²) < 4.78 is 0. The first-order valence-electron chi connectivity index (χ1n) is 6.41. The number of fused-ring (bicyclic) bond motifs is 1. The zero-order valence-electron chi connectivity index (χ0n) is 11.2. The van der Waals surface area contributed by atoms with E-state index in [0.29, 0.717) is 41.3 Å². The number of benzene rings is 1. The van der Waals surface area contributed by atoms with Gasteiger partial charge in [0.2, 0.25) is 0 Å². The van der Waals surface area contributed by atoms with Gasteiger partial charge in [0.05, 0.1) is 23.5 Å². The second-order valence-corrected chi connectivity index (χ2v) is 4.89. The van der Waals surface area contributed by atoms with Crippen molar-refractivity contribution in [1.29, 1.82) is 5.26 Å². The Morgan fingerprint density at radius 2 is 2.30 bits per heavy atom. The fourth-order valence-electron chi connectivity index (χ4n) is 2.00. The fourth-order valence-corrected chi connectivity index (χ4v) is 2.17. The number of rotatable bonds is 5. The number of hydrogen-bond acceptors (Lipinski definition) is 4. The van der Waals surface area contributed by atoms with E-state index < -0.39 is 0 Å². The molecule has 5 nitrogen and oxygen atoms in total. The van der Waals surface area contributed by atoms with Crippen LogP contribution in [-0.4, -0.2) is 28.0 Å². The van der Waals surface area contributed by atoms with Crippen molar-refractivity contribution in [2.75, 3.05) is 13.1 Å². The van der Waals surface area contributed by atoms with Crippen LogP contribution in [0, 0.1) is 11.3 Å². The standard InChI is InChI=1S/C14H15ClN4O/c1-2-19(7-3-6-16)9-13-17-12-8-10(15)4-5-11(12)14(20)18-13/h4-5,8H,2-3,7,9H2,1H3,(H,17,18,20). The van der Waals surface area contributed by atoms with E-state index in [-0.39, 0.29) is 5.56 Å². The second-order valence-electron chi connectivity index (χ2n) is 4.45. The highest BCUT2D eigenvalue weighted by molar-refractivity contribution is 6.31. The summed E-state index contributed by atoms with van der Waals surface area (Å²) in [6, 6.07) is 7.14. The average molecular weight is 291 g/mol. The third-order valence-corrected chi connectivity index (χ3v) is 3.31. The molecule has 0 spiro atoms. The van der Waals surface area contributed by atoms with E-state index in [0.717, 1.165) is 6.54 Å². The Morgan fingerprint density at radius 3 is 3.00 bits per heavy atom. The minimum absolute atomic E-state index is 0.169. The highest BCUT2D eigenvalue weighted by atomic mass is 35.5. The van der Waals surface area contributed by atoms with Crippen molar-refractivity contribution in [3.05, 3.63) is 39.4 Å². The van der Waals surface area contributed by atoms with Crippen molar-refractivity contribution >= 4 is 22.5 Å². The number of aromatic nitrogens is 2. The van der Waals surface area contributed by atoms with Gasteiger partial charge in [0.1, 0.15) is 5.82 Å². The number of hydrogen-bond donors (Lipinski definition) is 1. The van der Waals surface area contributed by atoms with E-state index in [1.54, 1.807) is 18.2 Å². The minimum Gasteiger partial charge on any atom is -0.309 e. The molecule has 0 aliphatic carbocycles. The van der Waals surface area contributed by atoms with Gasteiger partial charge in [-0.25, -0.2) is 4.98 Å². The van der Waals surface area contributed by atoms with Crippen molar-refractivity contribution in [1.82, 2.24) is 14.9 Å². The van der Waals surface area contributed by atoms with Gasteiger partial charge in [0.25, 0.3) is 5.56 Å². The molecule has 0 atom stereocenters. The summed E-state index contributed by atoms with van der Waals surface area (Å²) in [5, 5.41) is 9.71. The van der Waals surface area contributed by atoms with E-state index in [1.807, 2.05) is 6.92 Å². The van der Waals surface area contributed by atoms with E-state index in [4.69, 9.17) is 16.9 Å². The van der Waals surface area contributed by atoms with E-state index >= 15 is 0 Å². The van der Waals surface area contributed by atoms with Crippen molar-refractivity contribution < 1.29 is 0 Å². The quantitative estimate of drug-likeness (QED) is 0.917. The summed E-state index contributed by atoms with van der Waals surface area (Å²) >= 11 is 5.93. The molecule has 1 heterocycles. The fraction of sp³-hybridized carbons (Fsp3) is 0.357. The summed E-state index contributed by atoms with van der Waals surface area (Å²) in [4.78, 5) is 21.2. The molecule has 2 aromatic rings. The third kappa shape index (κ3) is 3.35. The van der Waals surface area contributed by atoms with Gasteiger partial charge in [0, 0.05) is 18.0 Å². The molecule has 20 heavy (non-hydrogen) atoms. The number of nitrogens with zero attached hydrogens (tertiary/aromatic N) is 3. The molecule has 0 unspecified atom stereocenters. The predicted octanol–water partition coefficient (Wildman–Crippen LogP) is 2.31. The van der Waals surface area contributed by atoms with Crippen molar-refractivity contribution in [2.45, 2.75) is 19.9 Å². The normalized spacial score (nSPS) is 10.9. The molecule has 0 saturated carbocycles. The molecule has 1 aromatic carbocycles. The largest absolute Gasteiger partial charge is 0.309 e. The maximum Gasteiger partial charge on any atom is 0.258 e. The molecule has 104 valence electrons. The summed E-state index contributed by atoms with van der Waals surface area (Å²) in [6.45, 7) is 3.96. The lowest BCUT2D eigenvalue weighted by atomic mass is 10.2. The van der Waals surface area contributed by atoms with Gasteiger partial charge in [-0.05, 0) is 24.7 Å². The smallest absolute Gasteiger partial charge is 0.258 e. The van der Waals surface area contributed by atoms with Crippen LogP contribution in [0.25, 0.3) is 10.9 Å². The molecule has 1 aromatic heterocycles. The van der Waals surface area contributed by atoms with Gasteiger partial charge in [-0.3, -0.25) is 9.69 Å². The van der Waals surface area contributed by atoms with Crippen molar-refractivity contribution in [3.63, 3.8) is 0 Å². The zero-order valence-corrected chi connectivity index (χ0v) is 11.9. The van der Waals surface area contributed by atoms with Crippen LogP contribution in [-0.2, 0) is 6.54 Å². The number of nitriles is 1. The first kappa shape index (κ1) is 14.5. The monoisotopic (exact) mass is 290 g/mol. The molecule has 0 bridgehead atoms. The number of aromatic amines is 1. The summed E-state index contributed by atoms with van der Waals surface area (Å²) in [5.41, 5.74) is 0.422. The summed E-state index contributed by atoms with van der Waals surface area (Å²) in [7, 11) is 0. The van der Waals surface area contributed by atoms with Gasteiger partial charge in [0.15, 0.2) is 0 Å². The average Bonchev–Trinajstić information content (AvgIpc) is 2.42. The first-order valence-corrected chi connectivity index (χ1v) is 6.79.